The Hall–Kier alpha value is -1.80. The van der Waals surface area contributed by atoms with Crippen molar-refractivity contribution in [2.45, 2.75) is 25.6 Å². The molecule has 9 heteroatoms. The summed E-state index contributed by atoms with van der Waals surface area (Å²) >= 11 is 5.57. The third kappa shape index (κ3) is 5.72. The first kappa shape index (κ1) is 19.2. The van der Waals surface area contributed by atoms with Gasteiger partial charge in [-0.15, -0.1) is 0 Å². The Balaban J connectivity index is 2.87. The normalized spacial score (nSPS) is 13.0. The van der Waals surface area contributed by atoms with Crippen LogP contribution in [0.2, 0.25) is 5.02 Å². The Kier molecular flexibility index (Phi) is 6.40. The molecule has 0 aliphatic carbocycles. The molecule has 0 heterocycles. The minimum atomic E-state index is -4.66. The second-order valence-corrected chi connectivity index (χ2v) is 5.41. The molecule has 0 fully saturated rings. The van der Waals surface area contributed by atoms with E-state index in [1.165, 1.54) is 24.9 Å². The number of hydrogen-bond donors (Lipinski definition) is 2. The lowest BCUT2D eigenvalue weighted by molar-refractivity contribution is -0.138. The van der Waals surface area contributed by atoms with Crippen LogP contribution < -0.4 is 5.32 Å². The highest BCUT2D eigenvalue weighted by molar-refractivity contribution is 6.30. The summed E-state index contributed by atoms with van der Waals surface area (Å²) in [6, 6.07) is 2.25. The maximum atomic E-state index is 13.0. The molecular weight excluding hydrogens is 337 g/mol. The van der Waals surface area contributed by atoms with E-state index < -0.39 is 35.3 Å². The lowest BCUT2D eigenvalue weighted by atomic mass is 10.1. The van der Waals surface area contributed by atoms with Crippen molar-refractivity contribution in [1.29, 1.82) is 0 Å². The van der Waals surface area contributed by atoms with Gasteiger partial charge >= 0.3 is 12.1 Å². The molecule has 1 unspecified atom stereocenters. The highest BCUT2D eigenvalue weighted by atomic mass is 35.5. The molecule has 0 saturated carbocycles. The maximum absolute atomic E-state index is 13.0. The number of halogens is 4. The summed E-state index contributed by atoms with van der Waals surface area (Å²) in [7, 11) is 1.51. The molecule has 1 amide bonds. The van der Waals surface area contributed by atoms with Crippen molar-refractivity contribution in [3.05, 3.63) is 28.8 Å². The number of likely N-dealkylation sites (N-methyl/N-ethyl adjacent to an activating group) is 1. The van der Waals surface area contributed by atoms with Crippen LogP contribution in [0.4, 0.5) is 18.9 Å². The minimum Gasteiger partial charge on any atom is -0.481 e. The Morgan fingerprint density at radius 2 is 2.00 bits per heavy atom. The third-order valence-corrected chi connectivity index (χ3v) is 3.50. The van der Waals surface area contributed by atoms with Gasteiger partial charge in [-0.3, -0.25) is 14.5 Å². The molecule has 1 rings (SSSR count). The molecule has 23 heavy (non-hydrogen) atoms. The van der Waals surface area contributed by atoms with E-state index in [0.717, 1.165) is 12.1 Å². The van der Waals surface area contributed by atoms with Gasteiger partial charge in [0.15, 0.2) is 0 Å². The topological polar surface area (TPSA) is 69.6 Å². The molecule has 0 aliphatic heterocycles. The van der Waals surface area contributed by atoms with Crippen molar-refractivity contribution in [3.63, 3.8) is 0 Å². The van der Waals surface area contributed by atoms with E-state index in [-0.39, 0.29) is 18.0 Å². The number of nitrogens with one attached hydrogen (secondary N) is 1. The average molecular weight is 353 g/mol. The van der Waals surface area contributed by atoms with E-state index in [0.29, 0.717) is 0 Å². The first-order valence-corrected chi connectivity index (χ1v) is 7.00. The number of rotatable bonds is 6. The van der Waals surface area contributed by atoms with Crippen LogP contribution in [0.1, 0.15) is 18.9 Å². The van der Waals surface area contributed by atoms with Gasteiger partial charge in [-0.1, -0.05) is 11.6 Å². The van der Waals surface area contributed by atoms with E-state index in [1.54, 1.807) is 0 Å². The fraction of sp³-hybridized carbons (Fsp3) is 0.429. The van der Waals surface area contributed by atoms with Crippen LogP contribution in [-0.4, -0.2) is 41.5 Å². The molecule has 0 aromatic heterocycles. The zero-order chi connectivity index (χ0) is 17.8. The maximum Gasteiger partial charge on any atom is 0.418 e. The number of amides is 1. The number of carboxylic acids is 1. The van der Waals surface area contributed by atoms with Gasteiger partial charge in [0.1, 0.15) is 0 Å². The predicted octanol–water partition coefficient (Wildman–Crippen LogP) is 3.09. The summed E-state index contributed by atoms with van der Waals surface area (Å²) in [5, 5.41) is 10.7. The van der Waals surface area contributed by atoms with Crippen molar-refractivity contribution in [2.75, 3.05) is 18.9 Å². The largest absolute Gasteiger partial charge is 0.481 e. The molecule has 0 aliphatic rings. The highest BCUT2D eigenvalue weighted by Gasteiger charge is 2.34. The van der Waals surface area contributed by atoms with Crippen molar-refractivity contribution < 1.29 is 27.9 Å². The number of nitrogens with zero attached hydrogens (tertiary/aromatic N) is 1. The fourth-order valence-corrected chi connectivity index (χ4v) is 1.94. The van der Waals surface area contributed by atoms with Crippen molar-refractivity contribution in [2.24, 2.45) is 0 Å². The van der Waals surface area contributed by atoms with Crippen LogP contribution in [0, 0.1) is 0 Å². The number of benzene rings is 1. The molecule has 0 radical (unpaired) electrons. The molecule has 0 bridgehead atoms. The second kappa shape index (κ2) is 7.65. The Bertz CT molecular complexity index is 593. The van der Waals surface area contributed by atoms with Gasteiger partial charge in [-0.05, 0) is 32.2 Å². The van der Waals surface area contributed by atoms with Crippen LogP contribution in [0.25, 0.3) is 0 Å². The van der Waals surface area contributed by atoms with Gasteiger partial charge in [0, 0.05) is 11.6 Å². The summed E-state index contributed by atoms with van der Waals surface area (Å²) in [5.74, 6) is -1.70. The summed E-state index contributed by atoms with van der Waals surface area (Å²) in [6.45, 7) is 1.57. The molecule has 1 atom stereocenters. The van der Waals surface area contributed by atoms with Crippen LogP contribution in [0.3, 0.4) is 0 Å². The molecule has 0 spiro atoms. The van der Waals surface area contributed by atoms with E-state index in [9.17, 15) is 22.8 Å². The predicted molar refractivity (Wildman–Crippen MR) is 79.4 cm³/mol. The first-order chi connectivity index (χ1) is 10.5. The third-order valence-electron chi connectivity index (χ3n) is 3.26. The van der Waals surface area contributed by atoms with Crippen LogP contribution in [0.5, 0.6) is 0 Å². The molecule has 2 N–H and O–H groups in total. The van der Waals surface area contributed by atoms with Gasteiger partial charge in [0.05, 0.1) is 23.7 Å². The summed E-state index contributed by atoms with van der Waals surface area (Å²) in [6.07, 6.45) is -4.84. The monoisotopic (exact) mass is 352 g/mol. The molecule has 1 aromatic carbocycles. The Morgan fingerprint density at radius 3 is 2.52 bits per heavy atom. The number of hydrogen-bond acceptors (Lipinski definition) is 3. The summed E-state index contributed by atoms with van der Waals surface area (Å²) in [5.41, 5.74) is -1.44. The lowest BCUT2D eigenvalue weighted by Gasteiger charge is -2.24. The Labute approximate surface area is 136 Å². The molecule has 5 nitrogen and oxygen atoms in total. The molecule has 1 aromatic rings. The summed E-state index contributed by atoms with van der Waals surface area (Å²) < 4.78 is 38.9. The number of carbonyl (C=O) groups excluding carboxylic acids is 1. The number of anilines is 1. The first-order valence-electron chi connectivity index (χ1n) is 6.62. The second-order valence-electron chi connectivity index (χ2n) is 4.98. The smallest absolute Gasteiger partial charge is 0.418 e. The molecule has 0 saturated heterocycles. The van der Waals surface area contributed by atoms with E-state index in [1.807, 2.05) is 0 Å². The number of carbonyl (C=O) groups is 2. The number of alkyl halides is 3. The minimum absolute atomic E-state index is 0.0939. The van der Waals surface area contributed by atoms with Gasteiger partial charge in [0.2, 0.25) is 5.91 Å². The summed E-state index contributed by atoms with van der Waals surface area (Å²) in [4.78, 5) is 24.0. The standard InChI is InChI=1S/C14H16ClF3N2O3/c1-8(20(2)6-5-12(21)22)13(23)19-11-4-3-9(15)7-10(11)14(16,17)18/h3-4,7-8H,5-6H2,1-2H3,(H,19,23)(H,21,22). The number of carboxylic acid groups (broad SMARTS) is 1. The van der Waals surface area contributed by atoms with E-state index in [4.69, 9.17) is 16.7 Å². The zero-order valence-electron chi connectivity index (χ0n) is 12.4. The number of aliphatic carboxylic acids is 1. The van der Waals surface area contributed by atoms with Gasteiger partial charge < -0.3 is 10.4 Å². The van der Waals surface area contributed by atoms with Gasteiger partial charge in [-0.25, -0.2) is 0 Å². The van der Waals surface area contributed by atoms with Crippen molar-refractivity contribution in [3.8, 4) is 0 Å². The molecule has 128 valence electrons. The quantitative estimate of drug-likeness (QED) is 0.825. The fourth-order valence-electron chi connectivity index (χ4n) is 1.76. The van der Waals surface area contributed by atoms with Gasteiger partial charge in [0.25, 0.3) is 0 Å². The highest BCUT2D eigenvalue weighted by Crippen LogP contribution is 2.36. The van der Waals surface area contributed by atoms with Gasteiger partial charge in [-0.2, -0.15) is 13.2 Å². The van der Waals surface area contributed by atoms with Crippen molar-refractivity contribution >= 4 is 29.2 Å². The van der Waals surface area contributed by atoms with Crippen LogP contribution >= 0.6 is 11.6 Å². The van der Waals surface area contributed by atoms with Crippen LogP contribution in [0.15, 0.2) is 18.2 Å². The zero-order valence-corrected chi connectivity index (χ0v) is 13.2. The van der Waals surface area contributed by atoms with Crippen molar-refractivity contribution in [1.82, 2.24) is 4.90 Å². The van der Waals surface area contributed by atoms with Crippen LogP contribution in [-0.2, 0) is 15.8 Å². The van der Waals surface area contributed by atoms with E-state index >= 15 is 0 Å². The van der Waals surface area contributed by atoms with E-state index in [2.05, 4.69) is 5.32 Å². The average Bonchev–Trinajstić information content (AvgIpc) is 2.44. The lowest BCUT2D eigenvalue weighted by Crippen LogP contribution is -2.40. The SMILES string of the molecule is CC(C(=O)Nc1ccc(Cl)cc1C(F)(F)F)N(C)CCC(=O)O. The Morgan fingerprint density at radius 1 is 1.39 bits per heavy atom. The molecular formula is C14H16ClF3N2O3.